The fraction of sp³-hybridized carbons (Fsp3) is 0.636. The van der Waals surface area contributed by atoms with Crippen molar-refractivity contribution >= 4 is 5.91 Å². The summed E-state index contributed by atoms with van der Waals surface area (Å²) in [5, 5.41) is 3.66. The highest BCUT2D eigenvalue weighted by atomic mass is 16.5. The van der Waals surface area contributed by atoms with Gasteiger partial charge in [0.15, 0.2) is 11.5 Å². The summed E-state index contributed by atoms with van der Waals surface area (Å²) >= 11 is 0. The van der Waals surface area contributed by atoms with Crippen LogP contribution in [0.15, 0.2) is 10.6 Å². The Balaban J connectivity index is 2.03. The van der Waals surface area contributed by atoms with Crippen LogP contribution in [-0.4, -0.2) is 54.1 Å². The predicted molar refractivity (Wildman–Crippen MR) is 62.5 cm³/mol. The van der Waals surface area contributed by atoms with E-state index in [1.807, 2.05) is 0 Å². The highest BCUT2D eigenvalue weighted by Gasteiger charge is 2.23. The van der Waals surface area contributed by atoms with E-state index in [9.17, 15) is 4.79 Å². The smallest absolute Gasteiger partial charge is 0.270 e. The number of nitrogens with two attached hydrogens (primary N) is 1. The SMILES string of the molecule is CC(c1cc(C(N)=O)no1)N1CCN(C)CC1. The molecular weight excluding hydrogens is 220 g/mol. The lowest BCUT2D eigenvalue weighted by molar-refractivity contribution is 0.0986. The highest BCUT2D eigenvalue weighted by molar-refractivity contribution is 5.90. The molecule has 6 nitrogen and oxygen atoms in total. The van der Waals surface area contributed by atoms with Gasteiger partial charge in [-0.25, -0.2) is 0 Å². The van der Waals surface area contributed by atoms with E-state index in [1.54, 1.807) is 6.07 Å². The third-order valence-corrected chi connectivity index (χ3v) is 3.28. The zero-order valence-corrected chi connectivity index (χ0v) is 10.2. The number of carbonyl (C=O) groups excluding carboxylic acids is 1. The standard InChI is InChI=1S/C11H18N4O2/c1-8(15-5-3-14(2)4-6-15)10-7-9(11(12)16)13-17-10/h7-8H,3-6H2,1-2H3,(H2,12,16). The summed E-state index contributed by atoms with van der Waals surface area (Å²) in [6.07, 6.45) is 0. The van der Waals surface area contributed by atoms with Gasteiger partial charge in [-0.15, -0.1) is 0 Å². The zero-order valence-electron chi connectivity index (χ0n) is 10.2. The molecule has 0 bridgehead atoms. The predicted octanol–water partition coefficient (Wildman–Crippen LogP) is 0.0819. The Hall–Kier alpha value is -1.40. The number of likely N-dealkylation sites (N-methyl/N-ethyl adjacent to an activating group) is 1. The number of primary amides is 1. The molecule has 1 saturated heterocycles. The van der Waals surface area contributed by atoms with Crippen molar-refractivity contribution in [1.29, 1.82) is 0 Å². The van der Waals surface area contributed by atoms with Crippen LogP contribution in [0.4, 0.5) is 0 Å². The number of hydrogen-bond acceptors (Lipinski definition) is 5. The van der Waals surface area contributed by atoms with Crippen LogP contribution in [0.25, 0.3) is 0 Å². The van der Waals surface area contributed by atoms with Crippen molar-refractivity contribution in [2.45, 2.75) is 13.0 Å². The maximum absolute atomic E-state index is 10.9. The zero-order chi connectivity index (χ0) is 12.4. The first-order valence-electron chi connectivity index (χ1n) is 5.77. The number of aromatic nitrogens is 1. The van der Waals surface area contributed by atoms with Crippen LogP contribution in [0.5, 0.6) is 0 Å². The monoisotopic (exact) mass is 238 g/mol. The molecule has 2 N–H and O–H groups in total. The van der Waals surface area contributed by atoms with Crippen LogP contribution in [0, 0.1) is 0 Å². The van der Waals surface area contributed by atoms with E-state index in [2.05, 4.69) is 28.9 Å². The van der Waals surface area contributed by atoms with Crippen molar-refractivity contribution in [3.05, 3.63) is 17.5 Å². The molecule has 1 aliphatic heterocycles. The fourth-order valence-electron chi connectivity index (χ4n) is 1.99. The molecule has 0 spiro atoms. The van der Waals surface area contributed by atoms with Gasteiger partial charge in [-0.1, -0.05) is 5.16 Å². The van der Waals surface area contributed by atoms with E-state index < -0.39 is 5.91 Å². The molecule has 17 heavy (non-hydrogen) atoms. The Labute approximate surface area is 100 Å². The largest absolute Gasteiger partial charge is 0.364 e. The average molecular weight is 238 g/mol. The van der Waals surface area contributed by atoms with Gasteiger partial charge in [-0.2, -0.15) is 0 Å². The fourth-order valence-corrected chi connectivity index (χ4v) is 1.99. The first-order valence-corrected chi connectivity index (χ1v) is 5.77. The lowest BCUT2D eigenvalue weighted by Gasteiger charge is -2.35. The molecule has 1 atom stereocenters. The van der Waals surface area contributed by atoms with Crippen molar-refractivity contribution in [3.8, 4) is 0 Å². The minimum absolute atomic E-state index is 0.129. The molecule has 2 heterocycles. The Bertz CT molecular complexity index is 396. The minimum atomic E-state index is -0.550. The molecule has 1 aromatic rings. The number of hydrogen-bond donors (Lipinski definition) is 1. The van der Waals surface area contributed by atoms with Gasteiger partial charge < -0.3 is 15.2 Å². The summed E-state index contributed by atoms with van der Waals surface area (Å²) in [6, 6.07) is 1.76. The van der Waals surface area contributed by atoms with Crippen molar-refractivity contribution in [2.75, 3.05) is 33.2 Å². The van der Waals surface area contributed by atoms with Gasteiger partial charge in [0.1, 0.15) is 0 Å². The maximum Gasteiger partial charge on any atom is 0.270 e. The second kappa shape index (κ2) is 4.85. The van der Waals surface area contributed by atoms with Gasteiger partial charge in [0.25, 0.3) is 5.91 Å². The minimum Gasteiger partial charge on any atom is -0.364 e. The summed E-state index contributed by atoms with van der Waals surface area (Å²) in [5.74, 6) is 0.147. The quantitative estimate of drug-likeness (QED) is 0.807. The number of piperazine rings is 1. The van der Waals surface area contributed by atoms with Crippen LogP contribution in [-0.2, 0) is 0 Å². The van der Waals surface area contributed by atoms with Gasteiger partial charge in [-0.05, 0) is 14.0 Å². The number of nitrogens with zero attached hydrogens (tertiary/aromatic N) is 3. The molecule has 1 unspecified atom stereocenters. The molecule has 0 aliphatic carbocycles. The summed E-state index contributed by atoms with van der Waals surface area (Å²) in [7, 11) is 2.11. The molecule has 0 aromatic carbocycles. The van der Waals surface area contributed by atoms with Gasteiger partial charge in [-0.3, -0.25) is 9.69 Å². The number of amides is 1. The lowest BCUT2D eigenvalue weighted by atomic mass is 10.2. The summed E-state index contributed by atoms with van der Waals surface area (Å²) in [4.78, 5) is 15.5. The molecule has 1 aromatic heterocycles. The first-order chi connectivity index (χ1) is 8.08. The highest BCUT2D eigenvalue weighted by Crippen LogP contribution is 2.21. The normalized spacial score (nSPS) is 20.4. The summed E-state index contributed by atoms with van der Waals surface area (Å²) in [6.45, 7) is 6.12. The van der Waals surface area contributed by atoms with Gasteiger partial charge in [0.2, 0.25) is 0 Å². The Kier molecular flexibility index (Phi) is 3.44. The van der Waals surface area contributed by atoms with Crippen molar-refractivity contribution < 1.29 is 9.32 Å². The third-order valence-electron chi connectivity index (χ3n) is 3.28. The topological polar surface area (TPSA) is 75.6 Å². The third kappa shape index (κ3) is 2.65. The Morgan fingerprint density at radius 1 is 1.47 bits per heavy atom. The van der Waals surface area contributed by atoms with E-state index in [-0.39, 0.29) is 11.7 Å². The van der Waals surface area contributed by atoms with E-state index >= 15 is 0 Å². The molecule has 94 valence electrons. The van der Waals surface area contributed by atoms with Crippen LogP contribution in [0.2, 0.25) is 0 Å². The van der Waals surface area contributed by atoms with Crippen molar-refractivity contribution in [1.82, 2.24) is 15.0 Å². The summed E-state index contributed by atoms with van der Waals surface area (Å²) in [5.41, 5.74) is 5.34. The van der Waals surface area contributed by atoms with Gasteiger partial charge >= 0.3 is 0 Å². The van der Waals surface area contributed by atoms with E-state index in [0.717, 1.165) is 26.2 Å². The summed E-state index contributed by atoms with van der Waals surface area (Å²) < 4.78 is 5.16. The molecule has 1 aliphatic rings. The van der Waals surface area contributed by atoms with Crippen molar-refractivity contribution in [2.24, 2.45) is 5.73 Å². The molecule has 6 heteroatoms. The van der Waals surface area contributed by atoms with Crippen LogP contribution < -0.4 is 5.73 Å². The number of carbonyl (C=O) groups is 1. The Morgan fingerprint density at radius 2 is 2.12 bits per heavy atom. The van der Waals surface area contributed by atoms with E-state index in [1.165, 1.54) is 0 Å². The van der Waals surface area contributed by atoms with Gasteiger partial charge in [0.05, 0.1) is 6.04 Å². The maximum atomic E-state index is 10.9. The molecular formula is C11H18N4O2. The lowest BCUT2D eigenvalue weighted by Crippen LogP contribution is -2.45. The van der Waals surface area contributed by atoms with Crippen LogP contribution >= 0.6 is 0 Å². The second-order valence-electron chi connectivity index (χ2n) is 4.49. The Morgan fingerprint density at radius 3 is 2.65 bits per heavy atom. The van der Waals surface area contributed by atoms with Crippen molar-refractivity contribution in [3.63, 3.8) is 0 Å². The second-order valence-corrected chi connectivity index (χ2v) is 4.49. The van der Waals surface area contributed by atoms with Gasteiger partial charge in [0, 0.05) is 32.2 Å². The van der Waals surface area contributed by atoms with E-state index in [4.69, 9.17) is 10.3 Å². The van der Waals surface area contributed by atoms with E-state index in [0.29, 0.717) is 5.76 Å². The van der Waals surface area contributed by atoms with Crippen LogP contribution in [0.3, 0.4) is 0 Å². The molecule has 0 saturated carbocycles. The van der Waals surface area contributed by atoms with Crippen LogP contribution in [0.1, 0.15) is 29.2 Å². The average Bonchev–Trinajstić information content (AvgIpc) is 2.78. The number of rotatable bonds is 3. The molecule has 1 amide bonds. The first kappa shape index (κ1) is 12.1. The molecule has 1 fully saturated rings. The molecule has 0 radical (unpaired) electrons. The molecule has 2 rings (SSSR count).